The molecule has 3 aliphatic heterocycles. The summed E-state index contributed by atoms with van der Waals surface area (Å²) in [6, 6.07) is 23.3. The van der Waals surface area contributed by atoms with Gasteiger partial charge in [0.15, 0.2) is 5.17 Å². The van der Waals surface area contributed by atoms with E-state index >= 15 is 0 Å². The van der Waals surface area contributed by atoms with E-state index in [0.29, 0.717) is 29.8 Å². The summed E-state index contributed by atoms with van der Waals surface area (Å²) in [6.45, 7) is 2.69. The second-order valence-corrected chi connectivity index (χ2v) is 10.3. The zero-order chi connectivity index (χ0) is 26.1. The van der Waals surface area contributed by atoms with Gasteiger partial charge < -0.3 is 9.80 Å². The summed E-state index contributed by atoms with van der Waals surface area (Å²) in [6.07, 6.45) is 0.0372. The number of carbonyl (C=O) groups is 2. The Morgan fingerprint density at radius 1 is 0.895 bits per heavy atom. The summed E-state index contributed by atoms with van der Waals surface area (Å²) in [4.78, 5) is 41.7. The van der Waals surface area contributed by atoms with Gasteiger partial charge in [0.05, 0.1) is 12.1 Å². The average Bonchev–Trinajstić information content (AvgIpc) is 3.29. The maximum atomic E-state index is 13.4. The van der Waals surface area contributed by atoms with Crippen molar-refractivity contribution in [2.45, 2.75) is 18.2 Å². The van der Waals surface area contributed by atoms with E-state index in [1.807, 2.05) is 52.3 Å². The van der Waals surface area contributed by atoms with Crippen molar-refractivity contribution < 1.29 is 14.0 Å². The highest BCUT2D eigenvalue weighted by Crippen LogP contribution is 2.36. The number of amides is 2. The fourth-order valence-corrected chi connectivity index (χ4v) is 5.98. The monoisotopic (exact) mass is 527 g/mol. The zero-order valence-electron chi connectivity index (χ0n) is 20.7. The maximum absolute atomic E-state index is 13.4. The van der Waals surface area contributed by atoms with Crippen molar-refractivity contribution in [3.63, 3.8) is 0 Å². The Bertz CT molecular complexity index is 1420. The Labute approximate surface area is 224 Å². The molecule has 7 nitrogen and oxygen atoms in total. The number of fused-ring (bicyclic) bond motifs is 3. The minimum atomic E-state index is -0.738. The van der Waals surface area contributed by atoms with Gasteiger partial charge in [-0.15, -0.1) is 0 Å². The van der Waals surface area contributed by atoms with Crippen LogP contribution in [0.25, 0.3) is 0 Å². The van der Waals surface area contributed by atoms with Crippen LogP contribution in [-0.4, -0.2) is 64.8 Å². The summed E-state index contributed by atoms with van der Waals surface area (Å²) >= 11 is 1.45. The molecule has 1 atom stereocenters. The van der Waals surface area contributed by atoms with Gasteiger partial charge in [-0.25, -0.2) is 9.38 Å². The standard InChI is InChI=1S/C29H26FN5O2S/c30-21-12-10-20(11-13-21)19-38-29-31-24-9-5-4-8-23(24)27-32-28(37)25(35(27)29)18-26(36)34-16-14-33(15-17-34)22-6-2-1-3-7-22/h1-13,25H,14-19H2. The third-order valence-corrected chi connectivity index (χ3v) is 8.03. The molecule has 0 aromatic heterocycles. The molecule has 2 amide bonds. The highest BCUT2D eigenvalue weighted by molar-refractivity contribution is 8.13. The molecule has 1 unspecified atom stereocenters. The number of hydrogen-bond donors (Lipinski definition) is 0. The van der Waals surface area contributed by atoms with Crippen LogP contribution >= 0.6 is 11.8 Å². The Morgan fingerprint density at radius 2 is 1.61 bits per heavy atom. The number of aliphatic imine (C=N–C) groups is 2. The second-order valence-electron chi connectivity index (χ2n) is 9.39. The molecule has 0 radical (unpaired) electrons. The molecule has 6 rings (SSSR count). The number of piperazine rings is 1. The predicted molar refractivity (Wildman–Crippen MR) is 148 cm³/mol. The van der Waals surface area contributed by atoms with E-state index in [4.69, 9.17) is 4.99 Å². The molecule has 192 valence electrons. The van der Waals surface area contributed by atoms with Crippen LogP contribution in [0.5, 0.6) is 0 Å². The van der Waals surface area contributed by atoms with Crippen LogP contribution in [0.2, 0.25) is 0 Å². The Kier molecular flexibility index (Phi) is 6.68. The van der Waals surface area contributed by atoms with E-state index < -0.39 is 6.04 Å². The van der Waals surface area contributed by atoms with Crippen LogP contribution in [0.15, 0.2) is 88.8 Å². The lowest BCUT2D eigenvalue weighted by Gasteiger charge is -2.37. The molecular weight excluding hydrogens is 501 g/mol. The van der Waals surface area contributed by atoms with Crippen LogP contribution in [0.3, 0.4) is 0 Å². The number of hydrogen-bond acceptors (Lipinski definition) is 6. The van der Waals surface area contributed by atoms with E-state index in [1.54, 1.807) is 12.1 Å². The molecule has 0 spiro atoms. The SMILES string of the molecule is O=C1N=C2c3ccccc3N=C(SCc3ccc(F)cc3)N2C1CC(=O)N1CCN(c2ccccc2)CC1. The second kappa shape index (κ2) is 10.4. The van der Waals surface area contributed by atoms with Crippen LogP contribution in [0, 0.1) is 5.82 Å². The first-order valence-corrected chi connectivity index (χ1v) is 13.6. The van der Waals surface area contributed by atoms with Gasteiger partial charge >= 0.3 is 0 Å². The van der Waals surface area contributed by atoms with Crippen molar-refractivity contribution in [1.82, 2.24) is 9.80 Å². The van der Waals surface area contributed by atoms with Crippen molar-refractivity contribution in [1.29, 1.82) is 0 Å². The van der Waals surface area contributed by atoms with Gasteiger partial charge in [0.2, 0.25) is 5.91 Å². The van der Waals surface area contributed by atoms with Gasteiger partial charge in [-0.1, -0.05) is 54.2 Å². The first-order chi connectivity index (χ1) is 18.6. The molecule has 9 heteroatoms. The molecule has 3 aliphatic rings. The van der Waals surface area contributed by atoms with Crippen molar-refractivity contribution >= 4 is 46.0 Å². The van der Waals surface area contributed by atoms with E-state index in [1.165, 1.54) is 23.9 Å². The fourth-order valence-electron chi connectivity index (χ4n) is 4.98. The predicted octanol–water partition coefficient (Wildman–Crippen LogP) is 4.46. The average molecular weight is 528 g/mol. The van der Waals surface area contributed by atoms with Crippen molar-refractivity contribution in [2.75, 3.05) is 31.1 Å². The number of anilines is 1. The highest BCUT2D eigenvalue weighted by Gasteiger charge is 2.43. The lowest BCUT2D eigenvalue weighted by Crippen LogP contribution is -2.51. The van der Waals surface area contributed by atoms with Crippen LogP contribution in [0.1, 0.15) is 17.5 Å². The Balaban J connectivity index is 1.18. The quantitative estimate of drug-likeness (QED) is 0.490. The third-order valence-electron chi connectivity index (χ3n) is 7.01. The summed E-state index contributed by atoms with van der Waals surface area (Å²) < 4.78 is 13.4. The van der Waals surface area contributed by atoms with Gasteiger partial charge in [0, 0.05) is 43.2 Å². The van der Waals surface area contributed by atoms with Crippen LogP contribution in [0.4, 0.5) is 15.8 Å². The molecular formula is C29H26FN5O2S. The number of nitrogens with zero attached hydrogens (tertiary/aromatic N) is 5. The maximum Gasteiger partial charge on any atom is 0.271 e. The van der Waals surface area contributed by atoms with E-state index in [0.717, 1.165) is 35.6 Å². The summed E-state index contributed by atoms with van der Waals surface area (Å²) in [5.74, 6) is 0.401. The summed E-state index contributed by atoms with van der Waals surface area (Å²) in [5.41, 5.74) is 3.60. The first kappa shape index (κ1) is 24.4. The molecule has 3 aromatic carbocycles. The minimum Gasteiger partial charge on any atom is -0.368 e. The van der Waals surface area contributed by atoms with Gasteiger partial charge in [0.1, 0.15) is 17.7 Å². The van der Waals surface area contributed by atoms with E-state index in [-0.39, 0.29) is 24.1 Å². The zero-order valence-corrected chi connectivity index (χ0v) is 21.5. The number of thioether (sulfide) groups is 1. The van der Waals surface area contributed by atoms with Crippen LogP contribution < -0.4 is 4.90 Å². The van der Waals surface area contributed by atoms with Crippen molar-refractivity contribution in [2.24, 2.45) is 9.98 Å². The molecule has 0 bridgehead atoms. The van der Waals surface area contributed by atoms with E-state index in [2.05, 4.69) is 22.0 Å². The Hall–Kier alpha value is -3.98. The molecule has 1 saturated heterocycles. The van der Waals surface area contributed by atoms with Crippen molar-refractivity contribution in [3.8, 4) is 0 Å². The molecule has 0 N–H and O–H groups in total. The number of amidine groups is 2. The van der Waals surface area contributed by atoms with Crippen molar-refractivity contribution in [3.05, 3.63) is 95.8 Å². The van der Waals surface area contributed by atoms with Gasteiger partial charge in [-0.3, -0.25) is 14.5 Å². The first-order valence-electron chi connectivity index (χ1n) is 12.6. The minimum absolute atomic E-state index is 0.0372. The number of halogens is 1. The number of benzene rings is 3. The molecule has 3 aromatic rings. The van der Waals surface area contributed by atoms with Gasteiger partial charge in [-0.2, -0.15) is 4.99 Å². The lowest BCUT2D eigenvalue weighted by atomic mass is 10.1. The fraction of sp³-hybridized carbons (Fsp3) is 0.241. The number of para-hydroxylation sites is 2. The molecule has 1 fully saturated rings. The normalized spacial score (nSPS) is 18.6. The topological polar surface area (TPSA) is 68.6 Å². The molecule has 3 heterocycles. The van der Waals surface area contributed by atoms with Crippen LogP contribution in [-0.2, 0) is 15.3 Å². The highest BCUT2D eigenvalue weighted by atomic mass is 32.2. The number of carbonyl (C=O) groups excluding carboxylic acids is 2. The largest absolute Gasteiger partial charge is 0.368 e. The molecule has 0 aliphatic carbocycles. The molecule has 0 saturated carbocycles. The summed E-state index contributed by atoms with van der Waals surface area (Å²) in [5, 5.41) is 0.615. The summed E-state index contributed by atoms with van der Waals surface area (Å²) in [7, 11) is 0. The smallest absolute Gasteiger partial charge is 0.271 e. The third kappa shape index (κ3) is 4.81. The van der Waals surface area contributed by atoms with E-state index in [9.17, 15) is 14.0 Å². The number of rotatable bonds is 5. The molecule has 38 heavy (non-hydrogen) atoms. The van der Waals surface area contributed by atoms with Gasteiger partial charge in [0.25, 0.3) is 5.91 Å². The van der Waals surface area contributed by atoms with Gasteiger partial charge in [-0.05, 0) is 42.0 Å². The lowest BCUT2D eigenvalue weighted by molar-refractivity contribution is -0.134. The Morgan fingerprint density at radius 3 is 2.37 bits per heavy atom.